The summed E-state index contributed by atoms with van der Waals surface area (Å²) in [6.45, 7) is 5.97. The molecule has 0 spiro atoms. The molecule has 0 aliphatic carbocycles. The summed E-state index contributed by atoms with van der Waals surface area (Å²) in [5, 5.41) is 5.79. The SMILES string of the molecule is C=C(Cl)CNC(=O)CCCCCNC(C)=O. The molecule has 0 unspecified atom stereocenters. The smallest absolute Gasteiger partial charge is 0.220 e. The lowest BCUT2D eigenvalue weighted by Crippen LogP contribution is -2.24. The van der Waals surface area contributed by atoms with Crippen molar-refractivity contribution in [2.24, 2.45) is 0 Å². The molecule has 16 heavy (non-hydrogen) atoms. The number of amides is 2. The average molecular weight is 247 g/mol. The summed E-state index contributed by atoms with van der Waals surface area (Å²) >= 11 is 5.50. The van der Waals surface area contributed by atoms with Gasteiger partial charge in [0.15, 0.2) is 0 Å². The van der Waals surface area contributed by atoms with E-state index in [1.807, 2.05) is 0 Å². The van der Waals surface area contributed by atoms with E-state index in [9.17, 15) is 9.59 Å². The minimum absolute atomic E-state index is 0.0127. The number of hydrogen-bond acceptors (Lipinski definition) is 2. The van der Waals surface area contributed by atoms with Crippen LogP contribution in [0.15, 0.2) is 11.6 Å². The highest BCUT2D eigenvalue weighted by Gasteiger charge is 2.00. The van der Waals surface area contributed by atoms with Crippen molar-refractivity contribution in [2.75, 3.05) is 13.1 Å². The Labute approximate surface area is 101 Å². The summed E-state index contributed by atoms with van der Waals surface area (Å²) in [4.78, 5) is 21.7. The molecule has 0 saturated carbocycles. The lowest BCUT2D eigenvalue weighted by atomic mass is 10.2. The summed E-state index contributed by atoms with van der Waals surface area (Å²) in [5.74, 6) is -0.0281. The van der Waals surface area contributed by atoms with Crippen molar-refractivity contribution >= 4 is 23.4 Å². The molecule has 4 nitrogen and oxygen atoms in total. The molecular weight excluding hydrogens is 228 g/mol. The molecular formula is C11H19ClN2O2. The maximum atomic E-state index is 11.2. The zero-order valence-corrected chi connectivity index (χ0v) is 10.4. The first kappa shape index (κ1) is 15.0. The van der Waals surface area contributed by atoms with Crippen LogP contribution in [-0.2, 0) is 9.59 Å². The van der Waals surface area contributed by atoms with Crippen molar-refractivity contribution in [2.45, 2.75) is 32.6 Å². The van der Waals surface area contributed by atoms with Crippen LogP contribution in [0.4, 0.5) is 0 Å². The Morgan fingerprint density at radius 2 is 1.88 bits per heavy atom. The van der Waals surface area contributed by atoms with Crippen LogP contribution in [0.1, 0.15) is 32.6 Å². The van der Waals surface area contributed by atoms with Gasteiger partial charge in [0.1, 0.15) is 0 Å². The van der Waals surface area contributed by atoms with Gasteiger partial charge in [0, 0.05) is 24.9 Å². The Bertz CT molecular complexity index is 254. The normalized spacial score (nSPS) is 9.62. The lowest BCUT2D eigenvalue weighted by Gasteiger charge is -2.04. The molecule has 0 aliphatic rings. The van der Waals surface area contributed by atoms with E-state index in [4.69, 9.17) is 11.6 Å². The van der Waals surface area contributed by atoms with E-state index in [0.29, 0.717) is 24.5 Å². The highest BCUT2D eigenvalue weighted by Crippen LogP contribution is 1.99. The number of rotatable bonds is 8. The highest BCUT2D eigenvalue weighted by molar-refractivity contribution is 6.29. The Morgan fingerprint density at radius 1 is 1.19 bits per heavy atom. The first-order valence-electron chi connectivity index (χ1n) is 5.36. The van der Waals surface area contributed by atoms with Gasteiger partial charge in [-0.05, 0) is 12.8 Å². The van der Waals surface area contributed by atoms with Gasteiger partial charge in [0.2, 0.25) is 11.8 Å². The third-order valence-electron chi connectivity index (χ3n) is 1.93. The fourth-order valence-electron chi connectivity index (χ4n) is 1.13. The van der Waals surface area contributed by atoms with Crippen LogP contribution in [-0.4, -0.2) is 24.9 Å². The Hall–Kier alpha value is -1.03. The fourth-order valence-corrected chi connectivity index (χ4v) is 1.20. The molecule has 0 aliphatic heterocycles. The van der Waals surface area contributed by atoms with Crippen molar-refractivity contribution in [3.63, 3.8) is 0 Å². The second kappa shape index (κ2) is 9.21. The lowest BCUT2D eigenvalue weighted by molar-refractivity contribution is -0.121. The molecule has 92 valence electrons. The van der Waals surface area contributed by atoms with Crippen LogP contribution < -0.4 is 10.6 Å². The van der Waals surface area contributed by atoms with Gasteiger partial charge < -0.3 is 10.6 Å². The molecule has 5 heteroatoms. The van der Waals surface area contributed by atoms with Crippen LogP contribution >= 0.6 is 11.6 Å². The summed E-state index contributed by atoms with van der Waals surface area (Å²) in [6.07, 6.45) is 3.13. The molecule has 0 fully saturated rings. The zero-order valence-electron chi connectivity index (χ0n) is 9.64. The van der Waals surface area contributed by atoms with Crippen LogP contribution in [0, 0.1) is 0 Å². The minimum Gasteiger partial charge on any atom is -0.356 e. The number of halogens is 1. The number of carbonyl (C=O) groups is 2. The van der Waals surface area contributed by atoms with E-state index in [0.717, 1.165) is 19.3 Å². The zero-order chi connectivity index (χ0) is 12.4. The van der Waals surface area contributed by atoms with Gasteiger partial charge in [-0.1, -0.05) is 24.6 Å². The van der Waals surface area contributed by atoms with Crippen molar-refractivity contribution < 1.29 is 9.59 Å². The standard InChI is InChI=1S/C11H19ClN2O2/c1-9(12)8-14-11(16)6-4-3-5-7-13-10(2)15/h1,3-8H2,2H3,(H,13,15)(H,14,16). The van der Waals surface area contributed by atoms with E-state index in [-0.39, 0.29) is 11.8 Å². The number of unbranched alkanes of at least 4 members (excludes halogenated alkanes) is 2. The van der Waals surface area contributed by atoms with Gasteiger partial charge in [-0.25, -0.2) is 0 Å². The minimum atomic E-state index is -0.0154. The maximum Gasteiger partial charge on any atom is 0.220 e. The Morgan fingerprint density at radius 3 is 2.44 bits per heavy atom. The second-order valence-electron chi connectivity index (χ2n) is 3.59. The predicted molar refractivity (Wildman–Crippen MR) is 65.2 cm³/mol. The van der Waals surface area contributed by atoms with Gasteiger partial charge in [0.05, 0.1) is 6.54 Å². The third kappa shape index (κ3) is 11.0. The van der Waals surface area contributed by atoms with E-state index < -0.39 is 0 Å². The van der Waals surface area contributed by atoms with Gasteiger partial charge in [0.25, 0.3) is 0 Å². The van der Waals surface area contributed by atoms with Crippen LogP contribution in [0.2, 0.25) is 0 Å². The topological polar surface area (TPSA) is 58.2 Å². The monoisotopic (exact) mass is 246 g/mol. The summed E-state index contributed by atoms with van der Waals surface area (Å²) in [6, 6.07) is 0. The molecule has 0 atom stereocenters. The van der Waals surface area contributed by atoms with Crippen molar-refractivity contribution in [3.05, 3.63) is 11.6 Å². The average Bonchev–Trinajstić information content (AvgIpc) is 2.19. The van der Waals surface area contributed by atoms with Crippen LogP contribution in [0.5, 0.6) is 0 Å². The largest absolute Gasteiger partial charge is 0.356 e. The second-order valence-corrected chi connectivity index (χ2v) is 4.12. The van der Waals surface area contributed by atoms with E-state index >= 15 is 0 Å². The molecule has 0 bridgehead atoms. The molecule has 0 aromatic carbocycles. The molecule has 0 heterocycles. The van der Waals surface area contributed by atoms with Gasteiger partial charge in [-0.2, -0.15) is 0 Å². The van der Waals surface area contributed by atoms with Gasteiger partial charge in [-0.15, -0.1) is 0 Å². The Balaban J connectivity index is 3.27. The number of carbonyl (C=O) groups excluding carboxylic acids is 2. The van der Waals surface area contributed by atoms with E-state index in [1.54, 1.807) is 0 Å². The van der Waals surface area contributed by atoms with Gasteiger partial charge in [-0.3, -0.25) is 9.59 Å². The molecule has 0 saturated heterocycles. The predicted octanol–water partition coefficient (Wildman–Crippen LogP) is 1.55. The van der Waals surface area contributed by atoms with Gasteiger partial charge >= 0.3 is 0 Å². The highest BCUT2D eigenvalue weighted by atomic mass is 35.5. The molecule has 0 aromatic rings. The van der Waals surface area contributed by atoms with E-state index in [2.05, 4.69) is 17.2 Å². The quantitative estimate of drug-likeness (QED) is 0.639. The third-order valence-corrected chi connectivity index (χ3v) is 2.07. The van der Waals surface area contributed by atoms with Crippen LogP contribution in [0.3, 0.4) is 0 Å². The van der Waals surface area contributed by atoms with E-state index in [1.165, 1.54) is 6.92 Å². The van der Waals surface area contributed by atoms with Crippen LogP contribution in [0.25, 0.3) is 0 Å². The van der Waals surface area contributed by atoms with Crippen molar-refractivity contribution in [1.29, 1.82) is 0 Å². The summed E-state index contributed by atoms with van der Waals surface area (Å²) < 4.78 is 0. The van der Waals surface area contributed by atoms with Crippen molar-refractivity contribution in [3.8, 4) is 0 Å². The molecule has 2 amide bonds. The number of nitrogens with one attached hydrogen (secondary N) is 2. The molecule has 0 rings (SSSR count). The summed E-state index contributed by atoms with van der Waals surface area (Å²) in [5.41, 5.74) is 0. The number of hydrogen-bond donors (Lipinski definition) is 2. The fraction of sp³-hybridized carbons (Fsp3) is 0.636. The molecule has 2 N–H and O–H groups in total. The first-order chi connectivity index (χ1) is 7.52. The van der Waals surface area contributed by atoms with Crippen molar-refractivity contribution in [1.82, 2.24) is 10.6 Å². The molecule has 0 radical (unpaired) electrons. The maximum absolute atomic E-state index is 11.2. The Kier molecular flexibility index (Phi) is 8.62. The molecule has 0 aromatic heterocycles. The first-order valence-corrected chi connectivity index (χ1v) is 5.74. The summed E-state index contributed by atoms with van der Waals surface area (Å²) in [7, 11) is 0.